The van der Waals surface area contributed by atoms with Crippen molar-refractivity contribution in [1.29, 1.82) is 0 Å². The van der Waals surface area contributed by atoms with Crippen molar-refractivity contribution in [2.75, 3.05) is 0 Å². The first-order valence-corrected chi connectivity index (χ1v) is 7.88. The molecule has 1 aliphatic rings. The Balaban J connectivity index is 1.56. The zero-order valence-corrected chi connectivity index (χ0v) is 13.2. The molecule has 0 saturated heterocycles. The van der Waals surface area contributed by atoms with Crippen LogP contribution in [0, 0.1) is 0 Å². The molecule has 1 aliphatic carbocycles. The zero-order valence-electron chi connectivity index (χ0n) is 13.2. The SMILES string of the molecule is C1=Cc2ncccc2CC1=Cn1cnc2ncc(-c3cn[nH]c3)nc21. The number of pyridine rings is 1. The summed E-state index contributed by atoms with van der Waals surface area (Å²) in [5.41, 5.74) is 6.39. The fraction of sp³-hybridized carbons (Fsp3) is 0.0556. The lowest BCUT2D eigenvalue weighted by Crippen LogP contribution is -2.00. The van der Waals surface area contributed by atoms with E-state index in [2.05, 4.69) is 42.3 Å². The normalized spacial score (nSPS) is 15.0. The van der Waals surface area contributed by atoms with Crippen LogP contribution in [0.5, 0.6) is 0 Å². The van der Waals surface area contributed by atoms with Crippen LogP contribution >= 0.6 is 0 Å². The molecular formula is C18H13N7. The van der Waals surface area contributed by atoms with Gasteiger partial charge in [0.25, 0.3) is 0 Å². The monoisotopic (exact) mass is 327 g/mol. The van der Waals surface area contributed by atoms with E-state index in [-0.39, 0.29) is 0 Å². The molecule has 5 rings (SSSR count). The predicted octanol–water partition coefficient (Wildman–Crippen LogP) is 2.72. The zero-order chi connectivity index (χ0) is 16.6. The van der Waals surface area contributed by atoms with Crippen LogP contribution in [0.15, 0.2) is 54.9 Å². The molecule has 0 bridgehead atoms. The van der Waals surface area contributed by atoms with E-state index in [1.165, 1.54) is 5.56 Å². The van der Waals surface area contributed by atoms with Crippen LogP contribution in [-0.2, 0) is 6.42 Å². The van der Waals surface area contributed by atoms with Crippen molar-refractivity contribution in [3.05, 3.63) is 66.2 Å². The average molecular weight is 327 g/mol. The highest BCUT2D eigenvalue weighted by Crippen LogP contribution is 2.22. The lowest BCUT2D eigenvalue weighted by molar-refractivity contribution is 1.08. The van der Waals surface area contributed by atoms with Gasteiger partial charge in [0.15, 0.2) is 11.3 Å². The third kappa shape index (κ3) is 2.42. The Morgan fingerprint density at radius 2 is 2.12 bits per heavy atom. The van der Waals surface area contributed by atoms with Crippen LogP contribution in [-0.4, -0.2) is 34.7 Å². The molecule has 4 aromatic rings. The lowest BCUT2D eigenvalue weighted by Gasteiger charge is -2.11. The van der Waals surface area contributed by atoms with E-state index in [9.17, 15) is 0 Å². The Morgan fingerprint density at radius 3 is 3.04 bits per heavy atom. The Kier molecular flexibility index (Phi) is 3.03. The fourth-order valence-electron chi connectivity index (χ4n) is 2.92. The highest BCUT2D eigenvalue weighted by molar-refractivity contribution is 5.73. The molecule has 0 aliphatic heterocycles. The first kappa shape index (κ1) is 13.8. The van der Waals surface area contributed by atoms with Crippen molar-refractivity contribution in [3.63, 3.8) is 0 Å². The van der Waals surface area contributed by atoms with Crippen molar-refractivity contribution < 1.29 is 0 Å². The van der Waals surface area contributed by atoms with Crippen LogP contribution in [0.4, 0.5) is 0 Å². The number of rotatable bonds is 2. The molecule has 7 heteroatoms. The second kappa shape index (κ2) is 5.48. The molecule has 1 N–H and O–H groups in total. The Bertz CT molecular complexity index is 1120. The van der Waals surface area contributed by atoms with E-state index in [0.29, 0.717) is 5.65 Å². The number of hydrogen-bond acceptors (Lipinski definition) is 5. The number of fused-ring (bicyclic) bond motifs is 2. The highest BCUT2D eigenvalue weighted by atomic mass is 15.1. The molecule has 0 aromatic carbocycles. The molecule has 0 radical (unpaired) electrons. The fourth-order valence-corrected chi connectivity index (χ4v) is 2.92. The van der Waals surface area contributed by atoms with Crippen molar-refractivity contribution in [1.82, 2.24) is 34.7 Å². The van der Waals surface area contributed by atoms with E-state index in [1.54, 1.807) is 24.9 Å². The van der Waals surface area contributed by atoms with Gasteiger partial charge in [-0.25, -0.2) is 15.0 Å². The minimum Gasteiger partial charge on any atom is -0.289 e. The van der Waals surface area contributed by atoms with Gasteiger partial charge in [-0.2, -0.15) is 5.10 Å². The smallest absolute Gasteiger partial charge is 0.197 e. The van der Waals surface area contributed by atoms with Gasteiger partial charge in [0, 0.05) is 30.6 Å². The van der Waals surface area contributed by atoms with Crippen LogP contribution < -0.4 is 0 Å². The predicted molar refractivity (Wildman–Crippen MR) is 94.2 cm³/mol. The summed E-state index contributed by atoms with van der Waals surface area (Å²) in [5, 5.41) is 6.75. The summed E-state index contributed by atoms with van der Waals surface area (Å²) in [6.07, 6.45) is 15.8. The molecule has 4 aromatic heterocycles. The van der Waals surface area contributed by atoms with E-state index < -0.39 is 0 Å². The summed E-state index contributed by atoms with van der Waals surface area (Å²) in [4.78, 5) is 17.8. The topological polar surface area (TPSA) is 85.2 Å². The van der Waals surface area contributed by atoms with Gasteiger partial charge >= 0.3 is 0 Å². The standard InChI is InChI=1S/C18H13N7/c1-2-13-6-12(3-4-15(13)19-5-1)10-25-11-21-17-18(25)24-16(9-20-17)14-7-22-23-8-14/h1-5,7-11H,6H2,(H,22,23). The van der Waals surface area contributed by atoms with Gasteiger partial charge in [0.1, 0.15) is 6.33 Å². The number of aromatic amines is 1. The second-order valence-electron chi connectivity index (χ2n) is 5.80. The Labute approximate surface area is 142 Å². The van der Waals surface area contributed by atoms with Crippen LogP contribution in [0.2, 0.25) is 0 Å². The number of imidazole rings is 1. The van der Waals surface area contributed by atoms with Crippen molar-refractivity contribution in [3.8, 4) is 11.3 Å². The maximum Gasteiger partial charge on any atom is 0.197 e. The average Bonchev–Trinajstić information content (AvgIpc) is 3.32. The van der Waals surface area contributed by atoms with Gasteiger partial charge in [0.05, 0.1) is 23.8 Å². The number of hydrogen-bond donors (Lipinski definition) is 1. The minimum atomic E-state index is 0.617. The van der Waals surface area contributed by atoms with E-state index in [4.69, 9.17) is 0 Å². The van der Waals surface area contributed by atoms with Gasteiger partial charge in [-0.15, -0.1) is 0 Å². The molecule has 0 fully saturated rings. The van der Waals surface area contributed by atoms with E-state index in [1.807, 2.05) is 29.1 Å². The highest BCUT2D eigenvalue weighted by Gasteiger charge is 2.11. The van der Waals surface area contributed by atoms with Crippen LogP contribution in [0.1, 0.15) is 11.3 Å². The molecule has 0 spiro atoms. The molecule has 7 nitrogen and oxygen atoms in total. The third-order valence-electron chi connectivity index (χ3n) is 4.16. The van der Waals surface area contributed by atoms with Crippen molar-refractivity contribution in [2.24, 2.45) is 0 Å². The van der Waals surface area contributed by atoms with Gasteiger partial charge in [-0.05, 0) is 23.3 Å². The third-order valence-corrected chi connectivity index (χ3v) is 4.16. The van der Waals surface area contributed by atoms with Gasteiger partial charge < -0.3 is 0 Å². The Morgan fingerprint density at radius 1 is 1.12 bits per heavy atom. The van der Waals surface area contributed by atoms with E-state index in [0.717, 1.165) is 34.6 Å². The summed E-state index contributed by atoms with van der Waals surface area (Å²) < 4.78 is 1.91. The molecule has 0 amide bonds. The first-order chi connectivity index (χ1) is 12.4. The molecule has 0 atom stereocenters. The van der Waals surface area contributed by atoms with Crippen molar-refractivity contribution in [2.45, 2.75) is 6.42 Å². The maximum absolute atomic E-state index is 4.68. The minimum absolute atomic E-state index is 0.617. The summed E-state index contributed by atoms with van der Waals surface area (Å²) in [7, 11) is 0. The van der Waals surface area contributed by atoms with Crippen LogP contribution in [0.3, 0.4) is 0 Å². The van der Waals surface area contributed by atoms with Gasteiger partial charge in [-0.1, -0.05) is 12.1 Å². The second-order valence-corrected chi connectivity index (χ2v) is 5.80. The number of allylic oxidation sites excluding steroid dienone is 2. The molecule has 120 valence electrons. The number of aromatic nitrogens is 7. The quantitative estimate of drug-likeness (QED) is 0.612. The van der Waals surface area contributed by atoms with Crippen LogP contribution in [0.25, 0.3) is 34.8 Å². The van der Waals surface area contributed by atoms with Gasteiger partial charge in [-0.3, -0.25) is 14.6 Å². The molecule has 25 heavy (non-hydrogen) atoms. The molecule has 0 unspecified atom stereocenters. The maximum atomic E-state index is 4.68. The molecular weight excluding hydrogens is 314 g/mol. The number of nitrogens with one attached hydrogen (secondary N) is 1. The summed E-state index contributed by atoms with van der Waals surface area (Å²) in [6, 6.07) is 4.06. The molecule has 0 saturated carbocycles. The summed E-state index contributed by atoms with van der Waals surface area (Å²) >= 11 is 0. The summed E-state index contributed by atoms with van der Waals surface area (Å²) in [6.45, 7) is 0. The number of H-pyrrole nitrogens is 1. The molecule has 4 heterocycles. The van der Waals surface area contributed by atoms with Crippen molar-refractivity contribution >= 4 is 23.6 Å². The summed E-state index contributed by atoms with van der Waals surface area (Å²) in [5.74, 6) is 0. The lowest BCUT2D eigenvalue weighted by atomic mass is 9.98. The van der Waals surface area contributed by atoms with E-state index >= 15 is 0 Å². The Hall–Kier alpha value is -3.61. The number of nitrogens with zero attached hydrogens (tertiary/aromatic N) is 6. The largest absolute Gasteiger partial charge is 0.289 e. The first-order valence-electron chi connectivity index (χ1n) is 7.88. The van der Waals surface area contributed by atoms with Gasteiger partial charge in [0.2, 0.25) is 0 Å².